The van der Waals surface area contributed by atoms with Crippen LogP contribution in [0, 0.1) is 21.9 Å². The zero-order valence-electron chi connectivity index (χ0n) is 9.30. The van der Waals surface area contributed by atoms with Crippen LogP contribution in [-0.4, -0.2) is 19.7 Å². The Morgan fingerprint density at radius 3 is 2.44 bits per heavy atom. The van der Waals surface area contributed by atoms with Crippen LogP contribution in [0.4, 0.5) is 5.95 Å². The van der Waals surface area contributed by atoms with Crippen LogP contribution in [0.3, 0.4) is 0 Å². The molecule has 1 aromatic heterocycles. The molecule has 0 saturated heterocycles. The summed E-state index contributed by atoms with van der Waals surface area (Å²) in [5.41, 5.74) is 1.68. The van der Waals surface area contributed by atoms with Crippen molar-refractivity contribution in [1.29, 1.82) is 5.26 Å². The molecular weight excluding hydrogens is 234 g/mol. The predicted molar refractivity (Wildman–Crippen MR) is 64.8 cm³/mol. The highest BCUT2D eigenvalue weighted by molar-refractivity contribution is 5.49. The van der Waals surface area contributed by atoms with Gasteiger partial charge in [-0.15, -0.1) is 4.68 Å². The van der Waals surface area contributed by atoms with Crippen LogP contribution in [0.2, 0.25) is 0 Å². The average Bonchev–Trinajstić information content (AvgIpc) is 2.91. The summed E-state index contributed by atoms with van der Waals surface area (Å²) in [5.74, 6) is -0.409. The minimum atomic E-state index is -0.630. The van der Waals surface area contributed by atoms with Gasteiger partial charge in [0.05, 0.1) is 5.69 Å². The van der Waals surface area contributed by atoms with Crippen molar-refractivity contribution in [2.45, 2.75) is 0 Å². The van der Waals surface area contributed by atoms with Crippen molar-refractivity contribution in [3.63, 3.8) is 0 Å². The van der Waals surface area contributed by atoms with Crippen LogP contribution in [0.1, 0.15) is 5.56 Å². The Morgan fingerprint density at radius 1 is 1.39 bits per heavy atom. The van der Waals surface area contributed by atoms with Gasteiger partial charge in [-0.05, 0) is 22.6 Å². The number of hydrogen-bond acceptors (Lipinski definition) is 5. The number of nitriles is 1. The maximum absolute atomic E-state index is 10.4. The fourth-order valence-corrected chi connectivity index (χ4v) is 1.23. The molecule has 1 heterocycles. The average molecular weight is 243 g/mol. The Balaban J connectivity index is 0.000000771. The molecule has 0 unspecified atom stereocenters. The predicted octanol–water partition coefficient (Wildman–Crippen LogP) is 1.96. The second kappa shape index (κ2) is 5.91. The van der Waals surface area contributed by atoms with E-state index in [2.05, 4.69) is 23.2 Å². The van der Waals surface area contributed by atoms with Crippen LogP contribution < -0.4 is 0 Å². The zero-order valence-corrected chi connectivity index (χ0v) is 9.30. The first-order valence-corrected chi connectivity index (χ1v) is 4.75. The summed E-state index contributed by atoms with van der Waals surface area (Å²) in [6.45, 7) is 7.14. The Morgan fingerprint density at radius 2 is 2.00 bits per heavy atom. The zero-order chi connectivity index (χ0) is 13.5. The lowest BCUT2D eigenvalue weighted by atomic mass is 10.2. The van der Waals surface area contributed by atoms with Crippen molar-refractivity contribution >= 4 is 12.0 Å². The van der Waals surface area contributed by atoms with Gasteiger partial charge < -0.3 is 10.1 Å². The molecule has 7 nitrogen and oxygen atoms in total. The van der Waals surface area contributed by atoms with Gasteiger partial charge in [-0.2, -0.15) is 0 Å². The van der Waals surface area contributed by atoms with E-state index >= 15 is 0 Å². The molecule has 90 valence electrons. The second-order valence-corrected chi connectivity index (χ2v) is 3.04. The molecule has 0 fully saturated rings. The number of hydrogen-bond donors (Lipinski definition) is 0. The molecular formula is C11H9N5O2. The topological polar surface area (TPSA) is 97.6 Å². The number of rotatable bonds is 3. The fourth-order valence-electron chi connectivity index (χ4n) is 1.23. The summed E-state index contributed by atoms with van der Waals surface area (Å²) in [6.07, 6.45) is 3.02. The molecule has 0 amide bonds. The highest BCUT2D eigenvalue weighted by atomic mass is 16.6. The molecule has 0 bridgehead atoms. The lowest BCUT2D eigenvalue weighted by Gasteiger charge is -1.96. The third-order valence-electron chi connectivity index (χ3n) is 2.04. The molecule has 0 atom stereocenters. The van der Waals surface area contributed by atoms with Crippen molar-refractivity contribution in [2.75, 3.05) is 0 Å². The van der Waals surface area contributed by atoms with E-state index in [4.69, 9.17) is 5.26 Å². The molecule has 1 aromatic carbocycles. The van der Waals surface area contributed by atoms with Gasteiger partial charge in [-0.1, -0.05) is 29.8 Å². The molecule has 0 aliphatic carbocycles. The standard InChI is InChI=1S/C10H8N4O2.CHN/c1-2-8-3-5-9(6-4-8)13-7-11-10(12-13)14(15)16;1-2/h2-7H,1H2;1H. The number of benzene rings is 1. The molecule has 0 N–H and O–H groups in total. The first-order chi connectivity index (χ1) is 8.70. The lowest BCUT2D eigenvalue weighted by Crippen LogP contribution is -1.96. The van der Waals surface area contributed by atoms with E-state index in [-0.39, 0.29) is 0 Å². The third-order valence-corrected chi connectivity index (χ3v) is 2.04. The minimum absolute atomic E-state index is 0.409. The largest absolute Gasteiger partial charge is 0.491 e. The van der Waals surface area contributed by atoms with Crippen molar-refractivity contribution < 1.29 is 4.92 Å². The summed E-state index contributed by atoms with van der Waals surface area (Å²) < 4.78 is 1.35. The Bertz CT molecular complexity index is 571. The van der Waals surface area contributed by atoms with E-state index in [9.17, 15) is 10.1 Å². The van der Waals surface area contributed by atoms with Crippen LogP contribution in [0.25, 0.3) is 11.8 Å². The van der Waals surface area contributed by atoms with Crippen LogP contribution in [0.5, 0.6) is 0 Å². The molecule has 7 heteroatoms. The molecule has 0 saturated carbocycles. The van der Waals surface area contributed by atoms with E-state index in [1.807, 2.05) is 12.1 Å². The van der Waals surface area contributed by atoms with Crippen molar-refractivity contribution in [2.24, 2.45) is 0 Å². The summed E-state index contributed by atoms with van der Waals surface area (Å²) in [4.78, 5) is 13.3. The first-order valence-electron chi connectivity index (χ1n) is 4.75. The smallest absolute Gasteiger partial charge is 0.390 e. The molecule has 18 heavy (non-hydrogen) atoms. The molecule has 0 spiro atoms. The van der Waals surface area contributed by atoms with E-state index in [0.717, 1.165) is 5.56 Å². The quantitative estimate of drug-likeness (QED) is 0.606. The number of nitrogens with zero attached hydrogens (tertiary/aromatic N) is 5. The van der Waals surface area contributed by atoms with E-state index in [1.54, 1.807) is 18.2 Å². The first kappa shape index (κ1) is 13.1. The number of nitro groups is 1. The number of aromatic nitrogens is 3. The molecule has 0 radical (unpaired) electrons. The van der Waals surface area contributed by atoms with E-state index in [1.165, 1.54) is 11.0 Å². The minimum Gasteiger partial charge on any atom is -0.390 e. The summed E-state index contributed by atoms with van der Waals surface area (Å²) in [6, 6.07) is 7.26. The fraction of sp³-hybridized carbons (Fsp3) is 0. The van der Waals surface area contributed by atoms with Crippen LogP contribution in [0.15, 0.2) is 37.2 Å². The summed E-state index contributed by atoms with van der Waals surface area (Å²) >= 11 is 0. The Labute approximate surface area is 103 Å². The van der Waals surface area contributed by atoms with Gasteiger partial charge in [-0.3, -0.25) is 0 Å². The summed E-state index contributed by atoms with van der Waals surface area (Å²) in [7, 11) is 0. The van der Waals surface area contributed by atoms with Gasteiger partial charge in [0, 0.05) is 11.7 Å². The summed E-state index contributed by atoms with van der Waals surface area (Å²) in [5, 5.41) is 20.6. The Kier molecular flexibility index (Phi) is 4.29. The van der Waals surface area contributed by atoms with Crippen LogP contribution >= 0.6 is 0 Å². The van der Waals surface area contributed by atoms with Gasteiger partial charge >= 0.3 is 5.95 Å². The van der Waals surface area contributed by atoms with Crippen molar-refractivity contribution in [3.8, 4) is 12.3 Å². The highest BCUT2D eigenvalue weighted by Crippen LogP contribution is 2.11. The molecule has 2 aromatic rings. The van der Waals surface area contributed by atoms with Gasteiger partial charge in [0.2, 0.25) is 6.33 Å². The van der Waals surface area contributed by atoms with Gasteiger partial charge in [0.15, 0.2) is 0 Å². The van der Waals surface area contributed by atoms with Crippen molar-refractivity contribution in [3.05, 3.63) is 52.8 Å². The third kappa shape index (κ3) is 2.76. The van der Waals surface area contributed by atoms with E-state index < -0.39 is 10.9 Å². The molecule has 0 aliphatic heterocycles. The SMILES string of the molecule is C#N.C=Cc1ccc(-n2cnc([N+](=O)[O-])n2)cc1. The van der Waals surface area contributed by atoms with Crippen LogP contribution in [-0.2, 0) is 0 Å². The molecule has 0 aliphatic rings. The molecule has 2 rings (SSSR count). The second-order valence-electron chi connectivity index (χ2n) is 3.04. The van der Waals surface area contributed by atoms with Gasteiger partial charge in [0.1, 0.15) is 0 Å². The maximum Gasteiger partial charge on any atom is 0.491 e. The highest BCUT2D eigenvalue weighted by Gasteiger charge is 2.13. The van der Waals surface area contributed by atoms with Crippen molar-refractivity contribution in [1.82, 2.24) is 14.8 Å². The monoisotopic (exact) mass is 243 g/mol. The van der Waals surface area contributed by atoms with Gasteiger partial charge in [-0.25, -0.2) is 5.26 Å². The van der Waals surface area contributed by atoms with E-state index in [0.29, 0.717) is 5.69 Å². The lowest BCUT2D eigenvalue weighted by molar-refractivity contribution is -0.394. The van der Waals surface area contributed by atoms with Gasteiger partial charge in [0.25, 0.3) is 0 Å². The normalized spacial score (nSPS) is 9.00. The Hall–Kier alpha value is -3.01. The maximum atomic E-state index is 10.4.